The second-order valence-electron chi connectivity index (χ2n) is 5.18. The van der Waals surface area contributed by atoms with E-state index in [0.717, 1.165) is 42.3 Å². The van der Waals surface area contributed by atoms with Crippen molar-refractivity contribution < 1.29 is 14.4 Å². The zero-order valence-corrected chi connectivity index (χ0v) is 12.9. The topological polar surface area (TPSA) is 102 Å². The fourth-order valence-electron chi connectivity index (χ4n) is 2.43. The Labute approximate surface area is 133 Å². The van der Waals surface area contributed by atoms with Crippen LogP contribution in [-0.4, -0.2) is 46.8 Å². The van der Waals surface area contributed by atoms with Crippen LogP contribution in [0.1, 0.15) is 25.7 Å². The Kier molecular flexibility index (Phi) is 5.83. The highest BCUT2D eigenvalue weighted by atomic mass is 32.2. The summed E-state index contributed by atoms with van der Waals surface area (Å²) >= 11 is 0.983. The minimum Gasteiger partial charge on any atom is -0.388 e. The molecule has 7 nitrogen and oxygen atoms in total. The largest absolute Gasteiger partial charge is 0.388 e. The van der Waals surface area contributed by atoms with Crippen LogP contribution in [0.5, 0.6) is 0 Å². The van der Waals surface area contributed by atoms with E-state index in [-0.39, 0.29) is 41.0 Å². The third-order valence-electron chi connectivity index (χ3n) is 3.62. The van der Waals surface area contributed by atoms with Crippen LogP contribution in [0, 0.1) is 11.3 Å². The summed E-state index contributed by atoms with van der Waals surface area (Å²) in [4.78, 5) is 35.9. The summed E-state index contributed by atoms with van der Waals surface area (Å²) in [6.45, 7) is 0.532. The van der Waals surface area contributed by atoms with Crippen molar-refractivity contribution in [2.45, 2.75) is 31.7 Å². The standard InChI is InChI=1S/C14H18N4O3S/c15-7-10(13(20)17-11-3-1-2-4-11)8-16-5-6-18-12(19)9-22-14(18)21/h8,11,16H,1-6,9H2,(H,17,20)/b10-8-. The highest BCUT2D eigenvalue weighted by Gasteiger charge is 2.29. The summed E-state index contributed by atoms with van der Waals surface area (Å²) in [6, 6.07) is 2.01. The van der Waals surface area contributed by atoms with Gasteiger partial charge in [-0.25, -0.2) is 0 Å². The Morgan fingerprint density at radius 3 is 2.73 bits per heavy atom. The molecule has 118 valence electrons. The number of rotatable bonds is 6. The second-order valence-corrected chi connectivity index (χ2v) is 6.11. The molecule has 1 saturated heterocycles. The molecule has 2 rings (SSSR count). The first-order valence-electron chi connectivity index (χ1n) is 7.23. The first kappa shape index (κ1) is 16.4. The first-order chi connectivity index (χ1) is 10.6. The van der Waals surface area contributed by atoms with Gasteiger partial charge in [0.25, 0.3) is 11.1 Å². The van der Waals surface area contributed by atoms with E-state index in [1.807, 2.05) is 6.07 Å². The molecule has 1 heterocycles. The van der Waals surface area contributed by atoms with Gasteiger partial charge in [-0.2, -0.15) is 5.26 Å². The van der Waals surface area contributed by atoms with Gasteiger partial charge in [0, 0.05) is 25.3 Å². The summed E-state index contributed by atoms with van der Waals surface area (Å²) < 4.78 is 0. The molecular formula is C14H18N4O3S. The fraction of sp³-hybridized carbons (Fsp3) is 0.571. The van der Waals surface area contributed by atoms with Gasteiger partial charge in [-0.05, 0) is 12.8 Å². The normalized spacial score (nSPS) is 19.4. The lowest BCUT2D eigenvalue weighted by atomic mass is 10.2. The molecular weight excluding hydrogens is 304 g/mol. The Bertz CT molecular complexity index is 519. The van der Waals surface area contributed by atoms with Gasteiger partial charge in [-0.3, -0.25) is 19.3 Å². The molecule has 0 aromatic rings. The van der Waals surface area contributed by atoms with Crippen molar-refractivity contribution in [2.75, 3.05) is 18.8 Å². The lowest BCUT2D eigenvalue weighted by Crippen LogP contribution is -2.35. The zero-order valence-electron chi connectivity index (χ0n) is 12.1. The number of hydrogen-bond donors (Lipinski definition) is 2. The van der Waals surface area contributed by atoms with Crippen LogP contribution in [0.2, 0.25) is 0 Å². The third-order valence-corrected chi connectivity index (χ3v) is 4.48. The van der Waals surface area contributed by atoms with Gasteiger partial charge in [0.05, 0.1) is 5.75 Å². The zero-order chi connectivity index (χ0) is 15.9. The third kappa shape index (κ3) is 4.24. The number of nitriles is 1. The highest BCUT2D eigenvalue weighted by Crippen LogP contribution is 2.18. The van der Waals surface area contributed by atoms with E-state index in [4.69, 9.17) is 5.26 Å². The number of amides is 3. The molecule has 0 atom stereocenters. The molecule has 1 saturated carbocycles. The number of nitrogens with one attached hydrogen (secondary N) is 2. The monoisotopic (exact) mass is 322 g/mol. The number of imide groups is 1. The lowest BCUT2D eigenvalue weighted by Gasteiger charge is -2.13. The molecule has 2 fully saturated rings. The van der Waals surface area contributed by atoms with E-state index in [2.05, 4.69) is 10.6 Å². The van der Waals surface area contributed by atoms with E-state index in [1.54, 1.807) is 0 Å². The molecule has 0 spiro atoms. The Morgan fingerprint density at radius 2 is 2.14 bits per heavy atom. The molecule has 0 bridgehead atoms. The molecule has 3 amide bonds. The van der Waals surface area contributed by atoms with Gasteiger partial charge < -0.3 is 10.6 Å². The van der Waals surface area contributed by atoms with E-state index in [9.17, 15) is 14.4 Å². The van der Waals surface area contributed by atoms with Crippen LogP contribution in [0.3, 0.4) is 0 Å². The van der Waals surface area contributed by atoms with Gasteiger partial charge in [0.2, 0.25) is 5.91 Å². The number of nitrogens with zero attached hydrogens (tertiary/aromatic N) is 2. The number of thioether (sulfide) groups is 1. The van der Waals surface area contributed by atoms with Crippen molar-refractivity contribution in [3.05, 3.63) is 11.8 Å². The molecule has 2 N–H and O–H groups in total. The van der Waals surface area contributed by atoms with Crippen molar-refractivity contribution >= 4 is 28.8 Å². The molecule has 0 aromatic carbocycles. The van der Waals surface area contributed by atoms with Crippen molar-refractivity contribution in [1.29, 1.82) is 5.26 Å². The van der Waals surface area contributed by atoms with Gasteiger partial charge in [-0.15, -0.1) is 0 Å². The fourth-order valence-corrected chi connectivity index (χ4v) is 3.18. The van der Waals surface area contributed by atoms with Gasteiger partial charge in [0.15, 0.2) is 0 Å². The number of hydrogen-bond acceptors (Lipinski definition) is 6. The Balaban J connectivity index is 1.77. The van der Waals surface area contributed by atoms with Crippen LogP contribution in [0.4, 0.5) is 4.79 Å². The van der Waals surface area contributed by atoms with Crippen LogP contribution < -0.4 is 10.6 Å². The SMILES string of the molecule is N#C/C(=C/NCCN1C(=O)CSC1=O)C(=O)NC1CCCC1. The van der Waals surface area contributed by atoms with Crippen LogP contribution in [-0.2, 0) is 9.59 Å². The molecule has 1 aliphatic carbocycles. The molecule has 0 unspecified atom stereocenters. The highest BCUT2D eigenvalue weighted by molar-refractivity contribution is 8.14. The van der Waals surface area contributed by atoms with E-state index < -0.39 is 0 Å². The summed E-state index contributed by atoms with van der Waals surface area (Å²) in [5.41, 5.74) is 0.000324. The molecule has 0 aromatic heterocycles. The summed E-state index contributed by atoms with van der Waals surface area (Å²) in [7, 11) is 0. The predicted octanol–water partition coefficient (Wildman–Crippen LogP) is 0.738. The molecule has 0 radical (unpaired) electrons. The second kappa shape index (κ2) is 7.84. The average molecular weight is 322 g/mol. The Morgan fingerprint density at radius 1 is 1.41 bits per heavy atom. The number of carbonyl (C=O) groups excluding carboxylic acids is 3. The lowest BCUT2D eigenvalue weighted by molar-refractivity contribution is -0.124. The number of carbonyl (C=O) groups is 3. The molecule has 8 heteroatoms. The van der Waals surface area contributed by atoms with Crippen LogP contribution in [0.15, 0.2) is 11.8 Å². The predicted molar refractivity (Wildman–Crippen MR) is 81.7 cm³/mol. The van der Waals surface area contributed by atoms with Crippen LogP contribution in [0.25, 0.3) is 0 Å². The minimum atomic E-state index is -0.384. The molecule has 2 aliphatic rings. The van der Waals surface area contributed by atoms with E-state index in [0.29, 0.717) is 6.54 Å². The van der Waals surface area contributed by atoms with Crippen molar-refractivity contribution in [1.82, 2.24) is 15.5 Å². The van der Waals surface area contributed by atoms with Gasteiger partial charge in [0.1, 0.15) is 11.6 Å². The summed E-state index contributed by atoms with van der Waals surface area (Å²) in [5.74, 6) is -0.409. The average Bonchev–Trinajstić information content (AvgIpc) is 3.11. The van der Waals surface area contributed by atoms with Gasteiger partial charge >= 0.3 is 0 Å². The molecule has 1 aliphatic heterocycles. The molecule has 22 heavy (non-hydrogen) atoms. The van der Waals surface area contributed by atoms with Crippen molar-refractivity contribution in [3.8, 4) is 6.07 Å². The maximum Gasteiger partial charge on any atom is 0.288 e. The maximum absolute atomic E-state index is 11.9. The van der Waals surface area contributed by atoms with Crippen molar-refractivity contribution in [3.63, 3.8) is 0 Å². The van der Waals surface area contributed by atoms with Crippen LogP contribution >= 0.6 is 11.8 Å². The smallest absolute Gasteiger partial charge is 0.288 e. The summed E-state index contributed by atoms with van der Waals surface area (Å²) in [5, 5.41) is 14.4. The maximum atomic E-state index is 11.9. The quantitative estimate of drug-likeness (QED) is 0.425. The van der Waals surface area contributed by atoms with E-state index >= 15 is 0 Å². The minimum absolute atomic E-state index is 0.000324. The van der Waals surface area contributed by atoms with E-state index in [1.165, 1.54) is 6.20 Å². The first-order valence-corrected chi connectivity index (χ1v) is 8.22. The summed E-state index contributed by atoms with van der Waals surface area (Å²) in [6.07, 6.45) is 5.45. The Hall–Kier alpha value is -2.01. The van der Waals surface area contributed by atoms with Gasteiger partial charge in [-0.1, -0.05) is 24.6 Å². The van der Waals surface area contributed by atoms with Crippen molar-refractivity contribution in [2.24, 2.45) is 0 Å².